The molecular weight excluding hydrogens is 414 g/mol. The smallest absolute Gasteiger partial charge is 0.184 e. The number of hydrazone groups is 1. The van der Waals surface area contributed by atoms with Gasteiger partial charge in [-0.1, -0.05) is 0 Å². The van der Waals surface area contributed by atoms with Crippen molar-refractivity contribution in [3.63, 3.8) is 0 Å². The molecule has 0 amide bonds. The summed E-state index contributed by atoms with van der Waals surface area (Å²) in [6, 6.07) is 2.60. The maximum atomic E-state index is 14.0. The topological polar surface area (TPSA) is 121 Å². The molecule has 1 aliphatic rings. The fourth-order valence-electron chi connectivity index (χ4n) is 3.48. The van der Waals surface area contributed by atoms with Crippen molar-refractivity contribution in [2.24, 2.45) is 12.1 Å². The maximum absolute atomic E-state index is 14.0. The first-order valence-electron chi connectivity index (χ1n) is 8.97. The average molecular weight is 430 g/mol. The number of aliphatic hydroxyl groups is 1. The lowest BCUT2D eigenvalue weighted by molar-refractivity contribution is -0.0113. The third-order valence-corrected chi connectivity index (χ3v) is 6.04. The van der Waals surface area contributed by atoms with E-state index in [1.165, 1.54) is 28.5 Å². The van der Waals surface area contributed by atoms with Crippen molar-refractivity contribution in [2.45, 2.75) is 19.2 Å². The molecule has 12 heteroatoms. The Hall–Kier alpha value is -3.38. The van der Waals surface area contributed by atoms with E-state index in [2.05, 4.69) is 25.3 Å². The van der Waals surface area contributed by atoms with Gasteiger partial charge >= 0.3 is 0 Å². The number of aromatic amines is 1. The van der Waals surface area contributed by atoms with Crippen LogP contribution in [0.1, 0.15) is 33.9 Å². The van der Waals surface area contributed by atoms with E-state index in [-0.39, 0.29) is 24.5 Å². The monoisotopic (exact) mass is 430 g/mol. The van der Waals surface area contributed by atoms with Crippen molar-refractivity contribution >= 4 is 33.7 Å². The number of anilines is 1. The van der Waals surface area contributed by atoms with Gasteiger partial charge in [-0.05, 0) is 12.1 Å². The number of halogens is 2. The number of nitrogen functional groups attached to an aromatic ring is 1. The van der Waals surface area contributed by atoms with Gasteiger partial charge in [-0.2, -0.15) is 10.2 Å². The van der Waals surface area contributed by atoms with Gasteiger partial charge in [0, 0.05) is 19.0 Å². The fourth-order valence-corrected chi connectivity index (χ4v) is 4.61. The van der Waals surface area contributed by atoms with Crippen molar-refractivity contribution in [1.29, 1.82) is 0 Å². The van der Waals surface area contributed by atoms with Gasteiger partial charge in [-0.3, -0.25) is 10.1 Å². The molecule has 9 nitrogen and oxygen atoms in total. The van der Waals surface area contributed by atoms with Crippen LogP contribution in [-0.2, 0) is 20.0 Å². The second kappa shape index (κ2) is 6.85. The third-order valence-electron chi connectivity index (χ3n) is 4.96. The molecule has 1 unspecified atom stereocenters. The van der Waals surface area contributed by atoms with E-state index in [0.29, 0.717) is 22.0 Å². The van der Waals surface area contributed by atoms with Gasteiger partial charge in [0.05, 0.1) is 40.7 Å². The highest BCUT2D eigenvalue weighted by molar-refractivity contribution is 7.19. The van der Waals surface area contributed by atoms with E-state index in [1.54, 1.807) is 17.8 Å². The standard InChI is InChI=1S/C18H16F2N8OS/c1-27-15-8(16-17(27)25-14(30-16)4-11-10(20)6-22-26-11)5-23-28(18(15)29)7-12-9(19)2-3-13(21)24-12/h2-3,5-6,18,29H,4,7H2,1H3,(H2,21,24)(H,22,26). The molecule has 4 aromatic heterocycles. The predicted molar refractivity (Wildman–Crippen MR) is 107 cm³/mol. The summed E-state index contributed by atoms with van der Waals surface area (Å²) in [5, 5.41) is 23.5. The van der Waals surface area contributed by atoms with E-state index in [0.717, 1.165) is 16.5 Å². The lowest BCUT2D eigenvalue weighted by atomic mass is 10.2. The predicted octanol–water partition coefficient (Wildman–Crippen LogP) is 2.04. The van der Waals surface area contributed by atoms with Gasteiger partial charge in [-0.25, -0.2) is 18.7 Å². The molecule has 0 aliphatic carbocycles. The van der Waals surface area contributed by atoms with Gasteiger partial charge < -0.3 is 15.4 Å². The SMILES string of the molecule is Cn1c2c(c3sc(Cc4[nH]ncc4F)nc31)C=NN(Cc1nc(N)ccc1F)C2O. The van der Waals surface area contributed by atoms with Crippen LogP contribution in [0.2, 0.25) is 0 Å². The Balaban J connectivity index is 1.47. The minimum absolute atomic E-state index is 0.0510. The molecule has 0 aromatic carbocycles. The second-order valence-corrected chi connectivity index (χ2v) is 7.96. The molecule has 4 N–H and O–H groups in total. The Morgan fingerprint density at radius 2 is 2.10 bits per heavy atom. The Morgan fingerprint density at radius 3 is 2.87 bits per heavy atom. The van der Waals surface area contributed by atoms with E-state index < -0.39 is 17.9 Å². The van der Waals surface area contributed by atoms with Crippen LogP contribution in [0, 0.1) is 11.6 Å². The van der Waals surface area contributed by atoms with Crippen LogP contribution >= 0.6 is 11.3 Å². The summed E-state index contributed by atoms with van der Waals surface area (Å²) in [6.45, 7) is -0.0510. The number of aromatic nitrogens is 5. The number of hydrogen-bond donors (Lipinski definition) is 3. The number of thiazole rings is 1. The zero-order chi connectivity index (χ0) is 21.0. The highest BCUT2D eigenvalue weighted by Crippen LogP contribution is 2.37. The number of H-pyrrole nitrogens is 1. The largest absolute Gasteiger partial charge is 0.384 e. The molecule has 0 spiro atoms. The molecule has 0 bridgehead atoms. The molecule has 1 atom stereocenters. The highest BCUT2D eigenvalue weighted by Gasteiger charge is 2.31. The summed E-state index contributed by atoms with van der Waals surface area (Å²) in [6.07, 6.45) is 1.90. The Morgan fingerprint density at radius 1 is 1.27 bits per heavy atom. The van der Waals surface area contributed by atoms with Gasteiger partial charge in [0.25, 0.3) is 0 Å². The van der Waals surface area contributed by atoms with Crippen molar-refractivity contribution in [3.8, 4) is 0 Å². The number of rotatable bonds is 4. The summed E-state index contributed by atoms with van der Waals surface area (Å²) in [7, 11) is 1.78. The van der Waals surface area contributed by atoms with Crippen LogP contribution in [0.4, 0.5) is 14.6 Å². The van der Waals surface area contributed by atoms with Crippen molar-refractivity contribution in [3.05, 3.63) is 57.6 Å². The average Bonchev–Trinajstić information content (AvgIpc) is 3.38. The number of fused-ring (bicyclic) bond motifs is 3. The minimum Gasteiger partial charge on any atom is -0.384 e. The molecule has 0 saturated carbocycles. The van der Waals surface area contributed by atoms with Crippen molar-refractivity contribution < 1.29 is 13.9 Å². The maximum Gasteiger partial charge on any atom is 0.184 e. The number of hydrogen-bond acceptors (Lipinski definition) is 8. The lowest BCUT2D eigenvalue weighted by Crippen LogP contribution is -2.29. The third kappa shape index (κ3) is 2.92. The van der Waals surface area contributed by atoms with Gasteiger partial charge in [0.2, 0.25) is 0 Å². The number of aryl methyl sites for hydroxylation is 1. The van der Waals surface area contributed by atoms with Crippen LogP contribution in [0.3, 0.4) is 0 Å². The molecule has 0 radical (unpaired) electrons. The van der Waals surface area contributed by atoms with Gasteiger partial charge in [-0.15, -0.1) is 11.3 Å². The van der Waals surface area contributed by atoms with Crippen LogP contribution in [0.25, 0.3) is 10.3 Å². The fraction of sp³-hybridized carbons (Fsp3) is 0.222. The van der Waals surface area contributed by atoms with E-state index >= 15 is 0 Å². The Labute approximate surface area is 172 Å². The summed E-state index contributed by atoms with van der Waals surface area (Å²) in [4.78, 5) is 8.58. The van der Waals surface area contributed by atoms with Crippen LogP contribution < -0.4 is 5.73 Å². The first kappa shape index (κ1) is 18.6. The second-order valence-electron chi connectivity index (χ2n) is 6.87. The Bertz CT molecular complexity index is 1290. The van der Waals surface area contributed by atoms with Crippen molar-refractivity contribution in [2.75, 3.05) is 5.73 Å². The van der Waals surface area contributed by atoms with Gasteiger partial charge in [0.1, 0.15) is 16.6 Å². The number of nitrogens with zero attached hydrogens (tertiary/aromatic N) is 6. The zero-order valence-corrected chi connectivity index (χ0v) is 16.5. The highest BCUT2D eigenvalue weighted by atomic mass is 32.1. The first-order chi connectivity index (χ1) is 14.4. The summed E-state index contributed by atoms with van der Waals surface area (Å²) in [5.41, 5.74) is 8.06. The number of nitrogens with one attached hydrogen (secondary N) is 1. The number of aliphatic hydroxyl groups excluding tert-OH is 1. The van der Waals surface area contributed by atoms with Gasteiger partial charge in [0.15, 0.2) is 17.7 Å². The summed E-state index contributed by atoms with van der Waals surface area (Å²) in [5.74, 6) is -0.749. The van der Waals surface area contributed by atoms with Crippen molar-refractivity contribution in [1.82, 2.24) is 29.7 Å². The first-order valence-corrected chi connectivity index (χ1v) is 9.79. The summed E-state index contributed by atoms with van der Waals surface area (Å²) >= 11 is 1.40. The molecule has 30 heavy (non-hydrogen) atoms. The van der Waals surface area contributed by atoms with Crippen LogP contribution in [-0.4, -0.2) is 41.1 Å². The number of nitrogens with two attached hydrogens (primary N) is 1. The molecule has 0 saturated heterocycles. The van der Waals surface area contributed by atoms with E-state index in [1.807, 2.05) is 0 Å². The summed E-state index contributed by atoms with van der Waals surface area (Å²) < 4.78 is 30.3. The molecular formula is C18H16F2N8OS. The van der Waals surface area contributed by atoms with Crippen LogP contribution in [0.5, 0.6) is 0 Å². The number of pyridine rings is 1. The van der Waals surface area contributed by atoms with E-state index in [9.17, 15) is 13.9 Å². The minimum atomic E-state index is -1.12. The molecule has 5 rings (SSSR count). The molecule has 154 valence electrons. The molecule has 5 heterocycles. The molecule has 0 fully saturated rings. The lowest BCUT2D eigenvalue weighted by Gasteiger charge is -2.28. The van der Waals surface area contributed by atoms with E-state index in [4.69, 9.17) is 5.73 Å². The normalized spacial score (nSPS) is 15.9. The quantitative estimate of drug-likeness (QED) is 0.456. The molecule has 1 aliphatic heterocycles. The Kier molecular flexibility index (Phi) is 4.25. The molecule has 4 aromatic rings. The van der Waals surface area contributed by atoms with Crippen LogP contribution in [0.15, 0.2) is 23.4 Å². The zero-order valence-electron chi connectivity index (χ0n) is 15.7.